The summed E-state index contributed by atoms with van der Waals surface area (Å²) in [6.07, 6.45) is 0. The first-order valence-electron chi connectivity index (χ1n) is 2.70. The van der Waals surface area contributed by atoms with Crippen LogP contribution in [-0.4, -0.2) is 0 Å². The number of anilines is 1. The van der Waals surface area contributed by atoms with Crippen LogP contribution in [0.4, 0.5) is 14.6 Å². The van der Waals surface area contributed by atoms with Crippen molar-refractivity contribution in [3.05, 3.63) is 23.0 Å². The number of halogens is 3. The molecule has 0 unspecified atom stereocenters. The van der Waals surface area contributed by atoms with E-state index in [4.69, 9.17) is 11.6 Å². The van der Waals surface area contributed by atoms with E-state index in [0.29, 0.717) is 0 Å². The second-order valence-electron chi connectivity index (χ2n) is 1.88. The molecule has 1 aromatic rings. The summed E-state index contributed by atoms with van der Waals surface area (Å²) < 4.78 is 24.4. The van der Waals surface area contributed by atoms with Gasteiger partial charge in [0.1, 0.15) is 5.82 Å². The van der Waals surface area contributed by atoms with Crippen LogP contribution in [0.25, 0.3) is 0 Å². The molecule has 1 rings (SSSR count). The molecule has 5 heteroatoms. The van der Waals surface area contributed by atoms with Crippen LogP contribution >= 0.6 is 24.2 Å². The molecule has 1 nitrogen and oxygen atoms in total. The van der Waals surface area contributed by atoms with Gasteiger partial charge in [0.2, 0.25) is 0 Å². The van der Waals surface area contributed by atoms with Gasteiger partial charge in [-0.05, 0) is 6.07 Å². The van der Waals surface area contributed by atoms with Crippen molar-refractivity contribution in [2.24, 2.45) is 0 Å². The van der Waals surface area contributed by atoms with E-state index in [2.05, 4.69) is 12.6 Å². The van der Waals surface area contributed by atoms with Crippen molar-refractivity contribution >= 4 is 29.9 Å². The minimum Gasteiger partial charge on any atom is -0.223 e. The van der Waals surface area contributed by atoms with E-state index in [0.717, 1.165) is 6.07 Å². The summed E-state index contributed by atoms with van der Waals surface area (Å²) in [6.45, 7) is 0. The van der Waals surface area contributed by atoms with Crippen LogP contribution in [0.15, 0.2) is 17.0 Å². The Kier molecular flexibility index (Phi) is 2.57. The molecule has 0 saturated heterocycles. The van der Waals surface area contributed by atoms with Crippen molar-refractivity contribution in [1.29, 1.82) is 0 Å². The van der Waals surface area contributed by atoms with Gasteiger partial charge in [-0.2, -0.15) is 0 Å². The van der Waals surface area contributed by atoms with Gasteiger partial charge in [-0.3, -0.25) is 0 Å². The van der Waals surface area contributed by atoms with Crippen molar-refractivity contribution in [2.75, 3.05) is 5.54 Å². The van der Waals surface area contributed by atoms with E-state index in [9.17, 15) is 8.87 Å². The zero-order valence-electron chi connectivity index (χ0n) is 5.24. The number of thiol groups is 1. The van der Waals surface area contributed by atoms with Crippen molar-refractivity contribution in [1.82, 2.24) is 0 Å². The Hall–Kier alpha value is -0.480. The van der Waals surface area contributed by atoms with Crippen molar-refractivity contribution < 1.29 is 8.87 Å². The average molecular weight is 196 g/mol. The van der Waals surface area contributed by atoms with Gasteiger partial charge in [0, 0.05) is 11.0 Å². The SMILES string of the molecule is FNc1cc(F)c(S)cc1Cl. The Morgan fingerprint density at radius 1 is 1.45 bits per heavy atom. The lowest BCUT2D eigenvalue weighted by atomic mass is 10.3. The molecule has 1 N–H and O–H groups in total. The summed E-state index contributed by atoms with van der Waals surface area (Å²) in [5.74, 6) is -0.613. The van der Waals surface area contributed by atoms with Crippen LogP contribution in [0, 0.1) is 5.82 Å². The molecule has 0 amide bonds. The quantitative estimate of drug-likeness (QED) is 0.519. The van der Waals surface area contributed by atoms with E-state index >= 15 is 0 Å². The predicted octanol–water partition coefficient (Wildman–Crippen LogP) is 3.06. The van der Waals surface area contributed by atoms with E-state index < -0.39 is 5.82 Å². The molecule has 0 aliphatic heterocycles. The average Bonchev–Trinajstić information content (AvgIpc) is 1.97. The summed E-state index contributed by atoms with van der Waals surface area (Å²) in [4.78, 5) is 0.0917. The molecule has 1 aromatic carbocycles. The van der Waals surface area contributed by atoms with E-state index in [1.165, 1.54) is 11.6 Å². The third-order valence-electron chi connectivity index (χ3n) is 1.14. The molecular weight excluding hydrogens is 192 g/mol. The molecule has 60 valence electrons. The highest BCUT2D eigenvalue weighted by Crippen LogP contribution is 2.27. The smallest absolute Gasteiger partial charge is 0.138 e. The van der Waals surface area contributed by atoms with Crippen molar-refractivity contribution in [3.8, 4) is 0 Å². The number of rotatable bonds is 1. The molecule has 0 fully saturated rings. The highest BCUT2D eigenvalue weighted by Gasteiger charge is 2.04. The molecule has 0 bridgehead atoms. The molecule has 0 aromatic heterocycles. The van der Waals surface area contributed by atoms with Gasteiger partial charge in [-0.25, -0.2) is 9.93 Å². The molecule has 0 atom stereocenters. The standard InChI is InChI=1S/C6H4ClF2NS/c7-3-1-6(11)4(8)2-5(3)10-9/h1-2,10-11H. The number of hydrogen-bond acceptors (Lipinski definition) is 2. The Balaban J connectivity index is 3.21. The number of hydrogen-bond donors (Lipinski definition) is 2. The fourth-order valence-electron chi connectivity index (χ4n) is 0.609. The van der Waals surface area contributed by atoms with Crippen LogP contribution in [0.5, 0.6) is 0 Å². The minimum atomic E-state index is -0.613. The lowest BCUT2D eigenvalue weighted by molar-refractivity contribution is 0.591. The summed E-state index contributed by atoms with van der Waals surface area (Å²) in [6, 6.07) is 2.16. The zero-order valence-corrected chi connectivity index (χ0v) is 6.89. The van der Waals surface area contributed by atoms with E-state index in [1.54, 1.807) is 0 Å². The van der Waals surface area contributed by atoms with Gasteiger partial charge in [0.15, 0.2) is 0 Å². The highest BCUT2D eigenvalue weighted by molar-refractivity contribution is 7.80. The first-order valence-corrected chi connectivity index (χ1v) is 3.52. The third kappa shape index (κ3) is 1.75. The second-order valence-corrected chi connectivity index (χ2v) is 2.77. The molecule has 0 radical (unpaired) electrons. The van der Waals surface area contributed by atoms with Gasteiger partial charge in [0.25, 0.3) is 0 Å². The van der Waals surface area contributed by atoms with Crippen LogP contribution < -0.4 is 5.54 Å². The molecule has 0 heterocycles. The van der Waals surface area contributed by atoms with Crippen LogP contribution in [0.2, 0.25) is 5.02 Å². The molecule has 0 spiro atoms. The predicted molar refractivity (Wildman–Crippen MR) is 43.4 cm³/mol. The maximum Gasteiger partial charge on any atom is 0.138 e. The molecular formula is C6H4ClF2NS. The van der Waals surface area contributed by atoms with Crippen LogP contribution in [0.3, 0.4) is 0 Å². The molecule has 11 heavy (non-hydrogen) atoms. The van der Waals surface area contributed by atoms with Crippen molar-refractivity contribution in [3.63, 3.8) is 0 Å². The Bertz CT molecular complexity index is 280. The topological polar surface area (TPSA) is 12.0 Å². The second kappa shape index (κ2) is 3.28. The Morgan fingerprint density at radius 2 is 2.09 bits per heavy atom. The first kappa shape index (κ1) is 8.62. The van der Waals surface area contributed by atoms with Gasteiger partial charge >= 0.3 is 0 Å². The van der Waals surface area contributed by atoms with Gasteiger partial charge in [0.05, 0.1) is 10.7 Å². The maximum absolute atomic E-state index is 12.6. The number of benzene rings is 1. The Labute approximate surface area is 72.7 Å². The van der Waals surface area contributed by atoms with Crippen LogP contribution in [0.1, 0.15) is 0 Å². The normalized spacial score (nSPS) is 9.82. The molecule has 0 aliphatic rings. The summed E-state index contributed by atoms with van der Waals surface area (Å²) >= 11 is 9.23. The zero-order chi connectivity index (χ0) is 8.43. The lowest BCUT2D eigenvalue weighted by Crippen LogP contribution is -1.86. The monoisotopic (exact) mass is 195 g/mol. The summed E-state index contributed by atoms with van der Waals surface area (Å²) in [5, 5.41) is 0.0962. The fraction of sp³-hybridized carbons (Fsp3) is 0. The molecule has 0 saturated carbocycles. The van der Waals surface area contributed by atoms with Gasteiger partial charge in [-0.1, -0.05) is 11.6 Å². The number of nitrogens with one attached hydrogen (secondary N) is 1. The lowest BCUT2D eigenvalue weighted by Gasteiger charge is -2.01. The van der Waals surface area contributed by atoms with Crippen molar-refractivity contribution in [2.45, 2.75) is 4.90 Å². The summed E-state index contributed by atoms with van der Waals surface area (Å²) in [5.41, 5.74) is 1.16. The van der Waals surface area contributed by atoms with Gasteiger partial charge < -0.3 is 0 Å². The largest absolute Gasteiger partial charge is 0.223 e. The highest BCUT2D eigenvalue weighted by atomic mass is 35.5. The fourth-order valence-corrected chi connectivity index (χ4v) is 1.08. The Morgan fingerprint density at radius 3 is 2.64 bits per heavy atom. The third-order valence-corrected chi connectivity index (χ3v) is 1.79. The van der Waals surface area contributed by atoms with E-state index in [-0.39, 0.29) is 15.6 Å². The minimum absolute atomic E-state index is 0.0917. The van der Waals surface area contributed by atoms with Crippen LogP contribution in [-0.2, 0) is 0 Å². The molecule has 0 aliphatic carbocycles. The maximum atomic E-state index is 12.6. The summed E-state index contributed by atoms with van der Waals surface area (Å²) in [7, 11) is 0. The first-order chi connectivity index (χ1) is 5.15. The van der Waals surface area contributed by atoms with E-state index in [1.807, 2.05) is 0 Å². The van der Waals surface area contributed by atoms with Gasteiger partial charge in [-0.15, -0.1) is 17.1 Å².